The summed E-state index contributed by atoms with van der Waals surface area (Å²) in [6, 6.07) is 0. The number of aryl methyl sites for hydroxylation is 2. The van der Waals surface area contributed by atoms with Crippen molar-refractivity contribution in [1.82, 2.24) is 9.78 Å². The number of thioether (sulfide) groups is 1. The van der Waals surface area contributed by atoms with Crippen LogP contribution in [0.3, 0.4) is 0 Å². The van der Waals surface area contributed by atoms with Gasteiger partial charge in [0.05, 0.1) is 11.3 Å². The third-order valence-electron chi connectivity index (χ3n) is 3.36. The number of amidine groups is 1. The van der Waals surface area contributed by atoms with Crippen molar-refractivity contribution in [2.24, 2.45) is 17.9 Å². The first-order chi connectivity index (χ1) is 8.63. The van der Waals surface area contributed by atoms with Gasteiger partial charge in [0.2, 0.25) is 0 Å². The van der Waals surface area contributed by atoms with Gasteiger partial charge >= 0.3 is 0 Å². The Morgan fingerprint density at radius 1 is 1.44 bits per heavy atom. The lowest BCUT2D eigenvalue weighted by atomic mass is 10.0. The molecular formula is C12H20N4OS. The van der Waals surface area contributed by atoms with E-state index in [4.69, 9.17) is 10.9 Å². The summed E-state index contributed by atoms with van der Waals surface area (Å²) in [6.07, 6.45) is 6.42. The van der Waals surface area contributed by atoms with Gasteiger partial charge in [0, 0.05) is 12.3 Å². The van der Waals surface area contributed by atoms with Crippen LogP contribution < -0.4 is 5.73 Å². The second kappa shape index (κ2) is 5.65. The molecule has 1 saturated carbocycles. The van der Waals surface area contributed by atoms with Crippen LogP contribution in [0.15, 0.2) is 10.2 Å². The predicted molar refractivity (Wildman–Crippen MR) is 73.2 cm³/mol. The van der Waals surface area contributed by atoms with Crippen LogP contribution in [0.1, 0.15) is 43.4 Å². The van der Waals surface area contributed by atoms with Crippen LogP contribution in [0.2, 0.25) is 0 Å². The van der Waals surface area contributed by atoms with E-state index in [9.17, 15) is 0 Å². The van der Waals surface area contributed by atoms with Crippen molar-refractivity contribution in [3.8, 4) is 0 Å². The monoisotopic (exact) mass is 268 g/mol. The van der Waals surface area contributed by atoms with Crippen LogP contribution in [0, 0.1) is 6.92 Å². The topological polar surface area (TPSA) is 76.4 Å². The maximum Gasteiger partial charge on any atom is 0.174 e. The minimum atomic E-state index is 0.152. The Kier molecular flexibility index (Phi) is 4.16. The van der Waals surface area contributed by atoms with Crippen molar-refractivity contribution in [1.29, 1.82) is 0 Å². The molecule has 1 aliphatic rings. The van der Waals surface area contributed by atoms with E-state index >= 15 is 0 Å². The molecule has 0 unspecified atom stereocenters. The van der Waals surface area contributed by atoms with E-state index in [0.717, 1.165) is 16.3 Å². The smallest absolute Gasteiger partial charge is 0.174 e. The number of nitrogens with zero attached hydrogens (tertiary/aromatic N) is 3. The second-order valence-electron chi connectivity index (χ2n) is 4.75. The Hall–Kier alpha value is -1.17. The van der Waals surface area contributed by atoms with Gasteiger partial charge in [-0.2, -0.15) is 5.10 Å². The molecule has 1 aromatic heterocycles. The molecule has 100 valence electrons. The molecular weight excluding hydrogens is 248 g/mol. The van der Waals surface area contributed by atoms with E-state index in [1.807, 2.05) is 30.4 Å². The van der Waals surface area contributed by atoms with E-state index in [2.05, 4.69) is 10.3 Å². The van der Waals surface area contributed by atoms with Crippen LogP contribution >= 0.6 is 11.8 Å². The molecule has 0 aliphatic heterocycles. The second-order valence-corrected chi connectivity index (χ2v) is 6.04. The maximum absolute atomic E-state index is 8.87. The van der Waals surface area contributed by atoms with Crippen LogP contribution in [0.25, 0.3) is 0 Å². The summed E-state index contributed by atoms with van der Waals surface area (Å²) in [5.41, 5.74) is 7.33. The third kappa shape index (κ3) is 2.63. The minimum Gasteiger partial charge on any atom is -0.409 e. The molecule has 5 nitrogen and oxygen atoms in total. The molecule has 0 bridgehead atoms. The fourth-order valence-corrected chi connectivity index (χ4v) is 3.91. The molecule has 1 aliphatic carbocycles. The molecule has 0 spiro atoms. The van der Waals surface area contributed by atoms with Gasteiger partial charge in [0.25, 0.3) is 0 Å². The average Bonchev–Trinajstić information content (AvgIpc) is 2.65. The summed E-state index contributed by atoms with van der Waals surface area (Å²) in [7, 11) is 1.91. The number of hydrogen-bond acceptors (Lipinski definition) is 4. The quantitative estimate of drug-likeness (QED) is 0.381. The van der Waals surface area contributed by atoms with Gasteiger partial charge in [0.1, 0.15) is 5.03 Å². The summed E-state index contributed by atoms with van der Waals surface area (Å²) in [6.45, 7) is 1.89. The van der Waals surface area contributed by atoms with Gasteiger partial charge in [-0.05, 0) is 19.8 Å². The summed E-state index contributed by atoms with van der Waals surface area (Å²) < 4.78 is 1.84. The van der Waals surface area contributed by atoms with E-state index < -0.39 is 0 Å². The van der Waals surface area contributed by atoms with Gasteiger partial charge in [-0.3, -0.25) is 4.68 Å². The molecule has 0 amide bonds. The van der Waals surface area contributed by atoms with E-state index in [1.165, 1.54) is 32.1 Å². The molecule has 6 heteroatoms. The first-order valence-corrected chi connectivity index (χ1v) is 7.19. The van der Waals surface area contributed by atoms with Crippen molar-refractivity contribution in [3.63, 3.8) is 0 Å². The van der Waals surface area contributed by atoms with Gasteiger partial charge in [-0.25, -0.2) is 0 Å². The highest BCUT2D eigenvalue weighted by molar-refractivity contribution is 8.00. The first kappa shape index (κ1) is 13.3. The minimum absolute atomic E-state index is 0.152. The van der Waals surface area contributed by atoms with Gasteiger partial charge in [-0.1, -0.05) is 24.4 Å². The zero-order valence-corrected chi connectivity index (χ0v) is 11.7. The summed E-state index contributed by atoms with van der Waals surface area (Å²) in [5, 5.41) is 18.0. The summed E-state index contributed by atoms with van der Waals surface area (Å²) in [5.74, 6) is 0.152. The lowest BCUT2D eigenvalue weighted by molar-refractivity contribution is 0.318. The molecule has 2 rings (SSSR count). The lowest BCUT2D eigenvalue weighted by Crippen LogP contribution is -2.16. The van der Waals surface area contributed by atoms with Crippen molar-refractivity contribution in [3.05, 3.63) is 11.3 Å². The highest BCUT2D eigenvalue weighted by Gasteiger charge is 2.22. The van der Waals surface area contributed by atoms with E-state index in [-0.39, 0.29) is 5.84 Å². The standard InChI is InChI=1S/C12H20N4OS/c1-8-10(11(13)15-17)12(16(2)14-8)18-9-6-4-3-5-7-9/h9,17H,3-7H2,1-2H3,(H2,13,15). The van der Waals surface area contributed by atoms with Gasteiger partial charge < -0.3 is 10.9 Å². The van der Waals surface area contributed by atoms with Crippen LogP contribution in [0.4, 0.5) is 0 Å². The van der Waals surface area contributed by atoms with Crippen molar-refractivity contribution < 1.29 is 5.21 Å². The first-order valence-electron chi connectivity index (χ1n) is 6.31. The van der Waals surface area contributed by atoms with Gasteiger partial charge in [0.15, 0.2) is 5.84 Å². The highest BCUT2D eigenvalue weighted by Crippen LogP contribution is 2.35. The van der Waals surface area contributed by atoms with E-state index in [1.54, 1.807) is 0 Å². The Balaban J connectivity index is 2.25. The predicted octanol–water partition coefficient (Wildman–Crippen LogP) is 2.25. The molecule has 1 fully saturated rings. The maximum atomic E-state index is 8.87. The Morgan fingerprint density at radius 2 is 2.11 bits per heavy atom. The van der Waals surface area contributed by atoms with Crippen molar-refractivity contribution >= 4 is 17.6 Å². The molecule has 0 saturated heterocycles. The molecule has 3 N–H and O–H groups in total. The summed E-state index contributed by atoms with van der Waals surface area (Å²) in [4.78, 5) is 0. The number of rotatable bonds is 3. The molecule has 18 heavy (non-hydrogen) atoms. The Morgan fingerprint density at radius 3 is 2.72 bits per heavy atom. The molecule has 0 aromatic carbocycles. The fraction of sp³-hybridized carbons (Fsp3) is 0.667. The highest BCUT2D eigenvalue weighted by atomic mass is 32.2. The van der Waals surface area contributed by atoms with Crippen molar-refractivity contribution in [2.45, 2.75) is 49.3 Å². The van der Waals surface area contributed by atoms with Crippen LogP contribution in [0.5, 0.6) is 0 Å². The molecule has 1 aromatic rings. The summed E-state index contributed by atoms with van der Waals surface area (Å²) >= 11 is 1.81. The molecule has 0 atom stereocenters. The average molecular weight is 268 g/mol. The number of hydrogen-bond donors (Lipinski definition) is 2. The van der Waals surface area contributed by atoms with Crippen molar-refractivity contribution in [2.75, 3.05) is 0 Å². The molecule has 0 radical (unpaired) electrons. The van der Waals surface area contributed by atoms with Crippen LogP contribution in [-0.2, 0) is 7.05 Å². The fourth-order valence-electron chi connectivity index (χ4n) is 2.46. The number of nitrogens with two attached hydrogens (primary N) is 1. The SMILES string of the molecule is Cc1nn(C)c(SC2CCCCC2)c1C(N)=NO. The Bertz CT molecular complexity index is 449. The normalized spacial score (nSPS) is 18.2. The number of oxime groups is 1. The molecule has 1 heterocycles. The third-order valence-corrected chi connectivity index (χ3v) is 4.86. The largest absolute Gasteiger partial charge is 0.409 e. The van der Waals surface area contributed by atoms with E-state index in [0.29, 0.717) is 5.25 Å². The van der Waals surface area contributed by atoms with Crippen LogP contribution in [-0.4, -0.2) is 26.1 Å². The number of aromatic nitrogens is 2. The Labute approximate surface area is 111 Å². The zero-order chi connectivity index (χ0) is 13.1. The zero-order valence-electron chi connectivity index (χ0n) is 10.9. The van der Waals surface area contributed by atoms with Gasteiger partial charge in [-0.15, -0.1) is 11.8 Å². The lowest BCUT2D eigenvalue weighted by Gasteiger charge is -2.21.